The van der Waals surface area contributed by atoms with E-state index in [1.54, 1.807) is 24.3 Å². The Balaban J connectivity index is 2.40. The summed E-state index contributed by atoms with van der Waals surface area (Å²) >= 11 is 0. The molecule has 0 amide bonds. The van der Waals surface area contributed by atoms with Crippen molar-refractivity contribution in [3.63, 3.8) is 0 Å². The molecule has 124 valence electrons. The fourth-order valence-electron chi connectivity index (χ4n) is 2.83. The van der Waals surface area contributed by atoms with Gasteiger partial charge in [0.2, 0.25) is 0 Å². The van der Waals surface area contributed by atoms with Crippen LogP contribution in [0.15, 0.2) is 24.3 Å². The first-order valence-electron chi connectivity index (χ1n) is 8.04. The maximum atomic E-state index is 10.4. The first-order valence-corrected chi connectivity index (χ1v) is 8.04. The summed E-state index contributed by atoms with van der Waals surface area (Å²) in [7, 11) is 0. The van der Waals surface area contributed by atoms with Gasteiger partial charge in [-0.15, -0.1) is 0 Å². The van der Waals surface area contributed by atoms with E-state index in [1.165, 1.54) is 0 Å². The van der Waals surface area contributed by atoms with E-state index in [0.717, 1.165) is 12.8 Å². The van der Waals surface area contributed by atoms with Crippen molar-refractivity contribution in [2.45, 2.75) is 46.0 Å². The average molecular weight is 316 g/mol. The van der Waals surface area contributed by atoms with Crippen molar-refractivity contribution < 1.29 is 20.4 Å². The van der Waals surface area contributed by atoms with Gasteiger partial charge in [0.05, 0.1) is 0 Å². The van der Waals surface area contributed by atoms with Crippen LogP contribution in [0.25, 0.3) is 0 Å². The Bertz CT molecular complexity index is 633. The van der Waals surface area contributed by atoms with Crippen LogP contribution in [0.4, 0.5) is 0 Å². The molecule has 0 heterocycles. The Morgan fingerprint density at radius 3 is 1.39 bits per heavy atom. The summed E-state index contributed by atoms with van der Waals surface area (Å²) in [4.78, 5) is 0. The molecule has 2 aromatic carbocycles. The Kier molecular flexibility index (Phi) is 5.37. The van der Waals surface area contributed by atoms with Crippen LogP contribution < -0.4 is 0 Å². The topological polar surface area (TPSA) is 80.9 Å². The highest BCUT2D eigenvalue weighted by atomic mass is 16.3. The van der Waals surface area contributed by atoms with Gasteiger partial charge in [-0.1, -0.05) is 38.8 Å². The van der Waals surface area contributed by atoms with E-state index >= 15 is 0 Å². The van der Waals surface area contributed by atoms with Gasteiger partial charge in [0, 0.05) is 17.5 Å². The van der Waals surface area contributed by atoms with Crippen LogP contribution >= 0.6 is 0 Å². The molecule has 0 atom stereocenters. The third kappa shape index (κ3) is 3.52. The Labute approximate surface area is 136 Å². The van der Waals surface area contributed by atoms with Crippen molar-refractivity contribution in [3.8, 4) is 23.0 Å². The molecule has 23 heavy (non-hydrogen) atoms. The number of phenols is 4. The molecular weight excluding hydrogens is 292 g/mol. The first-order chi connectivity index (χ1) is 11.0. The Morgan fingerprint density at radius 2 is 1.04 bits per heavy atom. The summed E-state index contributed by atoms with van der Waals surface area (Å²) in [6, 6.07) is 6.47. The minimum absolute atomic E-state index is 0.0800. The maximum absolute atomic E-state index is 10.4. The van der Waals surface area contributed by atoms with Crippen molar-refractivity contribution >= 4 is 0 Å². The molecule has 2 rings (SSSR count). The van der Waals surface area contributed by atoms with Crippen LogP contribution in [0.1, 0.15) is 48.9 Å². The molecule has 0 bridgehead atoms. The maximum Gasteiger partial charge on any atom is 0.125 e. The molecule has 0 aliphatic carbocycles. The number of rotatable bonds is 6. The fourth-order valence-corrected chi connectivity index (χ4v) is 2.83. The largest absolute Gasteiger partial charge is 0.508 e. The second-order valence-corrected chi connectivity index (χ2v) is 5.82. The Hall–Kier alpha value is -2.36. The predicted octanol–water partition coefficient (Wildman–Crippen LogP) is 4.00. The third-order valence-corrected chi connectivity index (χ3v) is 4.06. The quantitative estimate of drug-likeness (QED) is 0.649. The summed E-state index contributed by atoms with van der Waals surface area (Å²) in [6.07, 6.45) is 3.15. The third-order valence-electron chi connectivity index (χ3n) is 4.06. The molecule has 0 radical (unpaired) electrons. The number of benzene rings is 2. The molecule has 0 saturated carbocycles. The highest BCUT2D eigenvalue weighted by molar-refractivity contribution is 5.54. The Morgan fingerprint density at radius 1 is 0.652 bits per heavy atom. The van der Waals surface area contributed by atoms with Gasteiger partial charge in [-0.3, -0.25) is 0 Å². The standard InChI is InChI=1S/C19H24O4/c1-3-5-14-16(20)9-7-12(18(14)22)11-13-8-10-17(21)15(6-4-2)19(13)23/h7-10,20-23H,3-6,11H2,1-2H3. The molecule has 0 aromatic heterocycles. The van der Waals surface area contributed by atoms with Gasteiger partial charge in [-0.25, -0.2) is 0 Å². The summed E-state index contributed by atoms with van der Waals surface area (Å²) in [5, 5.41) is 40.5. The summed E-state index contributed by atoms with van der Waals surface area (Å²) < 4.78 is 0. The van der Waals surface area contributed by atoms with Crippen LogP contribution in [0, 0.1) is 0 Å². The van der Waals surface area contributed by atoms with E-state index < -0.39 is 0 Å². The zero-order valence-electron chi connectivity index (χ0n) is 13.6. The van der Waals surface area contributed by atoms with Crippen molar-refractivity contribution in [2.24, 2.45) is 0 Å². The van der Waals surface area contributed by atoms with E-state index in [4.69, 9.17) is 0 Å². The van der Waals surface area contributed by atoms with E-state index in [0.29, 0.717) is 41.5 Å². The molecule has 0 fully saturated rings. The molecule has 0 aliphatic heterocycles. The lowest BCUT2D eigenvalue weighted by Crippen LogP contribution is -1.96. The van der Waals surface area contributed by atoms with Gasteiger partial charge in [0.1, 0.15) is 23.0 Å². The van der Waals surface area contributed by atoms with E-state index in [9.17, 15) is 20.4 Å². The molecule has 4 N–H and O–H groups in total. The summed E-state index contributed by atoms with van der Waals surface area (Å²) in [6.45, 7) is 3.96. The lowest BCUT2D eigenvalue weighted by Gasteiger charge is -2.14. The lowest BCUT2D eigenvalue weighted by molar-refractivity contribution is 0.430. The molecule has 4 heteroatoms. The normalized spacial score (nSPS) is 10.9. The first kappa shape index (κ1) is 17.0. The van der Waals surface area contributed by atoms with E-state index in [2.05, 4.69) is 0 Å². The number of hydrogen-bond donors (Lipinski definition) is 4. The van der Waals surface area contributed by atoms with Crippen LogP contribution in [-0.2, 0) is 19.3 Å². The zero-order chi connectivity index (χ0) is 17.0. The van der Waals surface area contributed by atoms with Gasteiger partial charge in [-0.05, 0) is 36.1 Å². The van der Waals surface area contributed by atoms with Crippen LogP contribution in [0.3, 0.4) is 0 Å². The fraction of sp³-hybridized carbons (Fsp3) is 0.368. The minimum atomic E-state index is 0.0800. The summed E-state index contributed by atoms with van der Waals surface area (Å²) in [5.41, 5.74) is 2.37. The number of hydrogen-bond acceptors (Lipinski definition) is 4. The molecule has 2 aromatic rings. The van der Waals surface area contributed by atoms with Crippen LogP contribution in [0.2, 0.25) is 0 Å². The van der Waals surface area contributed by atoms with Crippen molar-refractivity contribution in [1.82, 2.24) is 0 Å². The number of aromatic hydroxyl groups is 4. The van der Waals surface area contributed by atoms with Gasteiger partial charge >= 0.3 is 0 Å². The average Bonchev–Trinajstić information content (AvgIpc) is 2.53. The van der Waals surface area contributed by atoms with Crippen molar-refractivity contribution in [3.05, 3.63) is 46.5 Å². The van der Waals surface area contributed by atoms with E-state index in [-0.39, 0.29) is 23.0 Å². The second-order valence-electron chi connectivity index (χ2n) is 5.82. The molecule has 4 nitrogen and oxygen atoms in total. The van der Waals surface area contributed by atoms with Gasteiger partial charge in [0.25, 0.3) is 0 Å². The SMILES string of the molecule is CCCc1c(O)ccc(Cc2ccc(O)c(CCC)c2O)c1O. The molecule has 0 spiro atoms. The lowest BCUT2D eigenvalue weighted by atomic mass is 9.95. The molecule has 0 saturated heterocycles. The molecule has 0 unspecified atom stereocenters. The van der Waals surface area contributed by atoms with Gasteiger partial charge < -0.3 is 20.4 Å². The highest BCUT2D eigenvalue weighted by Crippen LogP contribution is 2.37. The van der Waals surface area contributed by atoms with E-state index in [1.807, 2.05) is 13.8 Å². The monoisotopic (exact) mass is 316 g/mol. The summed E-state index contributed by atoms with van der Waals surface area (Å²) in [5.74, 6) is 0.345. The van der Waals surface area contributed by atoms with Crippen molar-refractivity contribution in [1.29, 1.82) is 0 Å². The molecule has 0 aliphatic rings. The molecular formula is C19H24O4. The smallest absolute Gasteiger partial charge is 0.125 e. The van der Waals surface area contributed by atoms with Crippen LogP contribution in [-0.4, -0.2) is 20.4 Å². The number of phenolic OH excluding ortho intramolecular Hbond substituents is 4. The minimum Gasteiger partial charge on any atom is -0.508 e. The van der Waals surface area contributed by atoms with Crippen LogP contribution in [0.5, 0.6) is 23.0 Å². The van der Waals surface area contributed by atoms with Gasteiger partial charge in [-0.2, -0.15) is 0 Å². The van der Waals surface area contributed by atoms with Gasteiger partial charge in [0.15, 0.2) is 0 Å². The predicted molar refractivity (Wildman–Crippen MR) is 90.3 cm³/mol. The van der Waals surface area contributed by atoms with Crippen molar-refractivity contribution in [2.75, 3.05) is 0 Å². The zero-order valence-corrected chi connectivity index (χ0v) is 13.6. The highest BCUT2D eigenvalue weighted by Gasteiger charge is 2.16. The second kappa shape index (κ2) is 7.27.